The maximum atomic E-state index is 11.9. The molecule has 1 N–H and O–H groups in total. The maximum Gasteiger partial charge on any atom is 0.224 e. The first kappa shape index (κ1) is 16.5. The van der Waals surface area contributed by atoms with Crippen LogP contribution < -0.4 is 5.32 Å². The number of likely N-dealkylation sites (tertiary alicyclic amines) is 1. The van der Waals surface area contributed by atoms with Crippen LogP contribution in [0.2, 0.25) is 0 Å². The van der Waals surface area contributed by atoms with Crippen LogP contribution >= 0.6 is 15.9 Å². The summed E-state index contributed by atoms with van der Waals surface area (Å²) in [6.07, 6.45) is 5.50. The zero-order valence-electron chi connectivity index (χ0n) is 12.8. The normalized spacial score (nSPS) is 19.4. The average molecular weight is 353 g/mol. The van der Waals surface area contributed by atoms with Crippen LogP contribution in [-0.2, 0) is 11.2 Å². The van der Waals surface area contributed by atoms with Gasteiger partial charge in [-0.25, -0.2) is 0 Å². The molecule has 2 rings (SSSR count). The Hall–Kier alpha value is -0.870. The van der Waals surface area contributed by atoms with Gasteiger partial charge in [-0.15, -0.1) is 0 Å². The number of carbonyl (C=O) groups is 1. The second-order valence-electron chi connectivity index (χ2n) is 5.89. The molecule has 0 bridgehead atoms. The van der Waals surface area contributed by atoms with Crippen molar-refractivity contribution in [3.8, 4) is 0 Å². The topological polar surface area (TPSA) is 32.3 Å². The average Bonchev–Trinajstić information content (AvgIpc) is 2.48. The summed E-state index contributed by atoms with van der Waals surface area (Å²) < 4.78 is 1.04. The van der Waals surface area contributed by atoms with Crippen LogP contribution in [0, 0.1) is 0 Å². The molecule has 116 valence electrons. The van der Waals surface area contributed by atoms with E-state index in [0.29, 0.717) is 12.5 Å². The highest BCUT2D eigenvalue weighted by atomic mass is 79.9. The fourth-order valence-electron chi connectivity index (χ4n) is 2.85. The summed E-state index contributed by atoms with van der Waals surface area (Å²) in [6, 6.07) is 8.62. The summed E-state index contributed by atoms with van der Waals surface area (Å²) in [7, 11) is 0. The number of hydrogen-bond acceptors (Lipinski definition) is 2. The highest BCUT2D eigenvalue weighted by molar-refractivity contribution is 9.10. The Morgan fingerprint density at radius 1 is 1.33 bits per heavy atom. The standard InChI is InChI=1S/C17H25BrN2O/c1-14-5-2-3-11-20(14)12-4-10-19-17(21)13-15-6-8-16(18)9-7-15/h6-9,14H,2-5,10-13H2,1H3,(H,19,21). The number of hydrogen-bond donors (Lipinski definition) is 1. The first-order valence-corrected chi connectivity index (χ1v) is 8.69. The smallest absolute Gasteiger partial charge is 0.224 e. The van der Waals surface area contributed by atoms with Gasteiger partial charge in [-0.05, 0) is 50.4 Å². The molecular formula is C17H25BrN2O. The van der Waals surface area contributed by atoms with E-state index in [-0.39, 0.29) is 5.91 Å². The van der Waals surface area contributed by atoms with E-state index >= 15 is 0 Å². The summed E-state index contributed by atoms with van der Waals surface area (Å²) in [5.74, 6) is 0.115. The van der Waals surface area contributed by atoms with E-state index in [9.17, 15) is 4.79 Å². The lowest BCUT2D eigenvalue weighted by molar-refractivity contribution is -0.120. The van der Waals surface area contributed by atoms with Crippen LogP contribution in [0.1, 0.15) is 38.2 Å². The molecule has 0 aromatic heterocycles. The molecule has 0 spiro atoms. The van der Waals surface area contributed by atoms with E-state index in [1.807, 2.05) is 24.3 Å². The lowest BCUT2D eigenvalue weighted by Crippen LogP contribution is -2.39. The summed E-state index contributed by atoms with van der Waals surface area (Å²) in [5, 5.41) is 3.02. The van der Waals surface area contributed by atoms with Gasteiger partial charge in [-0.2, -0.15) is 0 Å². The molecule has 4 heteroatoms. The van der Waals surface area contributed by atoms with E-state index < -0.39 is 0 Å². The van der Waals surface area contributed by atoms with Gasteiger partial charge < -0.3 is 10.2 Å². The molecule has 0 aliphatic carbocycles. The number of piperidine rings is 1. The fraction of sp³-hybridized carbons (Fsp3) is 0.588. The van der Waals surface area contributed by atoms with Crippen molar-refractivity contribution in [2.45, 2.75) is 45.1 Å². The number of nitrogens with one attached hydrogen (secondary N) is 1. The van der Waals surface area contributed by atoms with E-state index in [1.54, 1.807) is 0 Å². The predicted octanol–water partition coefficient (Wildman–Crippen LogP) is 3.37. The maximum absolute atomic E-state index is 11.9. The van der Waals surface area contributed by atoms with Crippen molar-refractivity contribution in [1.29, 1.82) is 0 Å². The quantitative estimate of drug-likeness (QED) is 0.796. The minimum absolute atomic E-state index is 0.115. The molecule has 1 atom stereocenters. The van der Waals surface area contributed by atoms with Crippen molar-refractivity contribution in [3.05, 3.63) is 34.3 Å². The van der Waals surface area contributed by atoms with Gasteiger partial charge in [-0.1, -0.05) is 34.5 Å². The monoisotopic (exact) mass is 352 g/mol. The molecular weight excluding hydrogens is 328 g/mol. The van der Waals surface area contributed by atoms with Gasteiger partial charge in [0.2, 0.25) is 5.91 Å². The summed E-state index contributed by atoms with van der Waals surface area (Å²) in [5.41, 5.74) is 1.06. The Balaban J connectivity index is 1.61. The Labute approximate surface area is 136 Å². The SMILES string of the molecule is CC1CCCCN1CCCNC(=O)Cc1ccc(Br)cc1. The molecule has 1 aromatic carbocycles. The second-order valence-corrected chi connectivity index (χ2v) is 6.80. The number of nitrogens with zero attached hydrogens (tertiary/aromatic N) is 1. The molecule has 1 saturated heterocycles. The predicted molar refractivity (Wildman–Crippen MR) is 90.4 cm³/mol. The van der Waals surface area contributed by atoms with Gasteiger partial charge in [-0.3, -0.25) is 4.79 Å². The van der Waals surface area contributed by atoms with Gasteiger partial charge in [0.05, 0.1) is 6.42 Å². The fourth-order valence-corrected chi connectivity index (χ4v) is 3.11. The first-order valence-electron chi connectivity index (χ1n) is 7.90. The molecule has 1 heterocycles. The number of carbonyl (C=O) groups excluding carboxylic acids is 1. The van der Waals surface area contributed by atoms with Crippen LogP contribution in [0.15, 0.2) is 28.7 Å². The highest BCUT2D eigenvalue weighted by Gasteiger charge is 2.17. The summed E-state index contributed by atoms with van der Waals surface area (Å²) in [6.45, 7) is 5.40. The molecule has 1 unspecified atom stereocenters. The van der Waals surface area contributed by atoms with Crippen molar-refractivity contribution in [1.82, 2.24) is 10.2 Å². The molecule has 3 nitrogen and oxygen atoms in total. The van der Waals surface area contributed by atoms with Crippen LogP contribution in [0.4, 0.5) is 0 Å². The Morgan fingerprint density at radius 3 is 2.81 bits per heavy atom. The highest BCUT2D eigenvalue weighted by Crippen LogP contribution is 2.16. The van der Waals surface area contributed by atoms with Crippen molar-refractivity contribution < 1.29 is 4.79 Å². The Kier molecular flexibility index (Phi) is 6.71. The number of rotatable bonds is 6. The van der Waals surface area contributed by atoms with Crippen molar-refractivity contribution in [2.75, 3.05) is 19.6 Å². The third kappa shape index (κ3) is 5.79. The molecule has 1 fully saturated rings. The van der Waals surface area contributed by atoms with E-state index in [0.717, 1.165) is 29.5 Å². The Bertz CT molecular complexity index is 447. The van der Waals surface area contributed by atoms with Crippen molar-refractivity contribution >= 4 is 21.8 Å². The van der Waals surface area contributed by atoms with Crippen molar-refractivity contribution in [2.24, 2.45) is 0 Å². The first-order chi connectivity index (χ1) is 10.1. The largest absolute Gasteiger partial charge is 0.356 e. The molecule has 1 amide bonds. The summed E-state index contributed by atoms with van der Waals surface area (Å²) >= 11 is 3.40. The van der Waals surface area contributed by atoms with Crippen LogP contribution in [0.3, 0.4) is 0 Å². The van der Waals surface area contributed by atoms with E-state index in [2.05, 4.69) is 33.1 Å². The third-order valence-corrected chi connectivity index (χ3v) is 4.69. The van der Waals surface area contributed by atoms with E-state index in [1.165, 1.54) is 25.8 Å². The summed E-state index contributed by atoms with van der Waals surface area (Å²) in [4.78, 5) is 14.4. The zero-order chi connectivity index (χ0) is 15.1. The van der Waals surface area contributed by atoms with Gasteiger partial charge in [0.15, 0.2) is 0 Å². The van der Waals surface area contributed by atoms with Crippen LogP contribution in [0.25, 0.3) is 0 Å². The zero-order valence-corrected chi connectivity index (χ0v) is 14.4. The van der Waals surface area contributed by atoms with E-state index in [4.69, 9.17) is 0 Å². The number of halogens is 1. The molecule has 0 radical (unpaired) electrons. The molecule has 21 heavy (non-hydrogen) atoms. The van der Waals surface area contributed by atoms with Crippen LogP contribution in [-0.4, -0.2) is 36.5 Å². The lowest BCUT2D eigenvalue weighted by atomic mass is 10.0. The second kappa shape index (κ2) is 8.54. The molecule has 1 aliphatic rings. The molecule has 1 aromatic rings. The molecule has 0 saturated carbocycles. The van der Waals surface area contributed by atoms with Crippen LogP contribution in [0.5, 0.6) is 0 Å². The van der Waals surface area contributed by atoms with Gasteiger partial charge in [0.1, 0.15) is 0 Å². The molecule has 1 aliphatic heterocycles. The minimum atomic E-state index is 0.115. The third-order valence-electron chi connectivity index (χ3n) is 4.16. The van der Waals surface area contributed by atoms with Gasteiger partial charge >= 0.3 is 0 Å². The van der Waals surface area contributed by atoms with Gasteiger partial charge in [0, 0.05) is 23.6 Å². The Morgan fingerprint density at radius 2 is 2.10 bits per heavy atom. The van der Waals surface area contributed by atoms with Gasteiger partial charge in [0.25, 0.3) is 0 Å². The minimum Gasteiger partial charge on any atom is -0.356 e. The lowest BCUT2D eigenvalue weighted by Gasteiger charge is -2.33. The number of benzene rings is 1. The van der Waals surface area contributed by atoms with Crippen molar-refractivity contribution in [3.63, 3.8) is 0 Å². The number of amides is 1.